The van der Waals surface area contributed by atoms with Crippen molar-refractivity contribution in [2.45, 2.75) is 32.9 Å². The minimum atomic E-state index is -0.957. The highest BCUT2D eigenvalue weighted by molar-refractivity contribution is 5.75. The number of carbonyl (C=O) groups excluding carboxylic acids is 1. The normalized spacial score (nSPS) is 12.0. The highest BCUT2D eigenvalue weighted by atomic mass is 19.1. The number of hydrogen-bond acceptors (Lipinski definition) is 2. The van der Waals surface area contributed by atoms with Crippen molar-refractivity contribution in [2.75, 3.05) is 7.05 Å². The molecule has 0 fully saturated rings. The van der Waals surface area contributed by atoms with Crippen molar-refractivity contribution in [3.63, 3.8) is 0 Å². The fraction of sp³-hybridized carbons (Fsp3) is 0.467. The summed E-state index contributed by atoms with van der Waals surface area (Å²) in [5.74, 6) is -1.30. The first kappa shape index (κ1) is 16.9. The molecule has 1 aromatic carbocycles. The van der Waals surface area contributed by atoms with E-state index < -0.39 is 12.0 Å². The number of rotatable bonds is 6. The van der Waals surface area contributed by atoms with Crippen molar-refractivity contribution in [3.8, 4) is 0 Å². The molecule has 0 saturated carbocycles. The average Bonchev–Trinajstić information content (AvgIpc) is 2.37. The van der Waals surface area contributed by atoms with E-state index in [0.717, 1.165) is 0 Å². The van der Waals surface area contributed by atoms with Gasteiger partial charge in [-0.3, -0.25) is 4.79 Å². The molecule has 0 aliphatic heterocycles. The summed E-state index contributed by atoms with van der Waals surface area (Å²) in [5, 5.41) is 11.5. The zero-order valence-corrected chi connectivity index (χ0v) is 12.5. The van der Waals surface area contributed by atoms with Gasteiger partial charge in [-0.15, -0.1) is 0 Å². The van der Waals surface area contributed by atoms with Gasteiger partial charge in [-0.1, -0.05) is 26.0 Å². The van der Waals surface area contributed by atoms with E-state index in [2.05, 4.69) is 5.32 Å². The number of hydrogen-bond donors (Lipinski definition) is 2. The molecule has 0 aromatic heterocycles. The highest BCUT2D eigenvalue weighted by Gasteiger charge is 2.21. The van der Waals surface area contributed by atoms with Gasteiger partial charge in [-0.2, -0.15) is 0 Å². The lowest BCUT2D eigenvalue weighted by Crippen LogP contribution is -2.45. The number of halogens is 1. The molecule has 0 saturated heterocycles. The van der Waals surface area contributed by atoms with Crippen LogP contribution in [0, 0.1) is 11.7 Å². The average molecular weight is 296 g/mol. The van der Waals surface area contributed by atoms with Gasteiger partial charge in [0.1, 0.15) is 5.82 Å². The fourth-order valence-corrected chi connectivity index (χ4v) is 1.89. The lowest BCUT2D eigenvalue weighted by molar-refractivity contribution is -0.137. The molecule has 1 rings (SSSR count). The Morgan fingerprint density at radius 2 is 2.05 bits per heavy atom. The first-order chi connectivity index (χ1) is 9.79. The molecule has 0 radical (unpaired) electrons. The van der Waals surface area contributed by atoms with Crippen molar-refractivity contribution in [2.24, 2.45) is 5.92 Å². The van der Waals surface area contributed by atoms with Crippen LogP contribution >= 0.6 is 0 Å². The van der Waals surface area contributed by atoms with E-state index in [4.69, 9.17) is 5.11 Å². The van der Waals surface area contributed by atoms with E-state index in [1.165, 1.54) is 17.0 Å². The van der Waals surface area contributed by atoms with Gasteiger partial charge in [0.15, 0.2) is 0 Å². The maximum absolute atomic E-state index is 13.1. The summed E-state index contributed by atoms with van der Waals surface area (Å²) in [6, 6.07) is 5.19. The number of benzene rings is 1. The van der Waals surface area contributed by atoms with Crippen molar-refractivity contribution in [3.05, 3.63) is 35.6 Å². The van der Waals surface area contributed by atoms with Crippen LogP contribution in [0.15, 0.2) is 24.3 Å². The molecule has 0 aliphatic carbocycles. The molecular weight excluding hydrogens is 275 g/mol. The third-order valence-corrected chi connectivity index (χ3v) is 3.16. The SMILES string of the molecule is CC(C)C(CC(=O)O)NC(=O)N(C)Cc1cccc(F)c1. The van der Waals surface area contributed by atoms with Crippen molar-refractivity contribution >= 4 is 12.0 Å². The van der Waals surface area contributed by atoms with Crippen LogP contribution < -0.4 is 5.32 Å². The minimum absolute atomic E-state index is 0.00706. The van der Waals surface area contributed by atoms with E-state index >= 15 is 0 Å². The van der Waals surface area contributed by atoms with Gasteiger partial charge in [0.25, 0.3) is 0 Å². The van der Waals surface area contributed by atoms with E-state index in [0.29, 0.717) is 5.56 Å². The lowest BCUT2D eigenvalue weighted by Gasteiger charge is -2.25. The molecule has 0 aliphatic rings. The third kappa shape index (κ3) is 5.81. The molecule has 0 bridgehead atoms. The van der Waals surface area contributed by atoms with Crippen LogP contribution in [0.1, 0.15) is 25.8 Å². The number of amides is 2. The Labute approximate surface area is 123 Å². The number of nitrogens with one attached hydrogen (secondary N) is 1. The number of carboxylic acids is 1. The summed E-state index contributed by atoms with van der Waals surface area (Å²) in [5.41, 5.74) is 0.673. The second kappa shape index (κ2) is 7.61. The van der Waals surface area contributed by atoms with E-state index in [-0.39, 0.29) is 30.7 Å². The van der Waals surface area contributed by atoms with Crippen LogP contribution in [0.2, 0.25) is 0 Å². The molecule has 1 atom stereocenters. The largest absolute Gasteiger partial charge is 0.481 e. The Hall–Kier alpha value is -2.11. The Morgan fingerprint density at radius 3 is 2.57 bits per heavy atom. The summed E-state index contributed by atoms with van der Waals surface area (Å²) in [7, 11) is 1.58. The van der Waals surface area contributed by atoms with Gasteiger partial charge < -0.3 is 15.3 Å². The van der Waals surface area contributed by atoms with Crippen LogP contribution in [0.5, 0.6) is 0 Å². The smallest absolute Gasteiger partial charge is 0.317 e. The van der Waals surface area contributed by atoms with Crippen molar-refractivity contribution < 1.29 is 19.1 Å². The molecule has 0 spiro atoms. The molecule has 5 nitrogen and oxygen atoms in total. The Kier molecular flexibility index (Phi) is 6.14. The summed E-state index contributed by atoms with van der Waals surface area (Å²) < 4.78 is 13.1. The highest BCUT2D eigenvalue weighted by Crippen LogP contribution is 2.09. The molecule has 21 heavy (non-hydrogen) atoms. The maximum Gasteiger partial charge on any atom is 0.317 e. The first-order valence-electron chi connectivity index (χ1n) is 6.77. The molecule has 6 heteroatoms. The second-order valence-electron chi connectivity index (χ2n) is 5.38. The molecule has 1 unspecified atom stereocenters. The first-order valence-corrected chi connectivity index (χ1v) is 6.77. The molecule has 2 amide bonds. The Morgan fingerprint density at radius 1 is 1.38 bits per heavy atom. The summed E-state index contributed by atoms with van der Waals surface area (Å²) in [6.45, 7) is 3.95. The molecular formula is C15H21FN2O3. The number of nitrogens with zero attached hydrogens (tertiary/aromatic N) is 1. The van der Waals surface area contributed by atoms with Crippen LogP contribution in [0.4, 0.5) is 9.18 Å². The number of urea groups is 1. The Bertz CT molecular complexity index is 505. The molecule has 2 N–H and O–H groups in total. The lowest BCUT2D eigenvalue weighted by atomic mass is 10.0. The third-order valence-electron chi connectivity index (χ3n) is 3.16. The summed E-state index contributed by atoms with van der Waals surface area (Å²) in [6.07, 6.45) is -0.128. The second-order valence-corrected chi connectivity index (χ2v) is 5.38. The summed E-state index contributed by atoms with van der Waals surface area (Å²) in [4.78, 5) is 24.2. The van der Waals surface area contributed by atoms with Gasteiger partial charge in [0, 0.05) is 19.6 Å². The monoisotopic (exact) mass is 296 g/mol. The van der Waals surface area contributed by atoms with E-state index in [1.54, 1.807) is 19.2 Å². The number of carboxylic acid groups (broad SMARTS) is 1. The quantitative estimate of drug-likeness (QED) is 0.847. The maximum atomic E-state index is 13.1. The van der Waals surface area contributed by atoms with Gasteiger partial charge >= 0.3 is 12.0 Å². The molecule has 0 heterocycles. The van der Waals surface area contributed by atoms with Gasteiger partial charge in [-0.05, 0) is 23.6 Å². The van der Waals surface area contributed by atoms with Crippen LogP contribution in [0.25, 0.3) is 0 Å². The zero-order valence-electron chi connectivity index (χ0n) is 12.5. The number of carbonyl (C=O) groups is 2. The topological polar surface area (TPSA) is 69.6 Å². The van der Waals surface area contributed by atoms with Gasteiger partial charge in [0.05, 0.1) is 6.42 Å². The van der Waals surface area contributed by atoms with Gasteiger partial charge in [0.2, 0.25) is 0 Å². The minimum Gasteiger partial charge on any atom is -0.481 e. The fourth-order valence-electron chi connectivity index (χ4n) is 1.89. The number of aliphatic carboxylic acids is 1. The summed E-state index contributed by atoms with van der Waals surface area (Å²) >= 11 is 0. The predicted octanol–water partition coefficient (Wildman–Crippen LogP) is 2.47. The standard InChI is InChI=1S/C15H21FN2O3/c1-10(2)13(8-14(19)20)17-15(21)18(3)9-11-5-4-6-12(16)7-11/h4-7,10,13H,8-9H2,1-3H3,(H,17,21)(H,19,20). The predicted molar refractivity (Wildman–Crippen MR) is 77.3 cm³/mol. The van der Waals surface area contributed by atoms with Crippen LogP contribution in [0.3, 0.4) is 0 Å². The van der Waals surface area contributed by atoms with E-state index in [9.17, 15) is 14.0 Å². The van der Waals surface area contributed by atoms with Crippen LogP contribution in [-0.2, 0) is 11.3 Å². The van der Waals surface area contributed by atoms with Crippen LogP contribution in [-0.4, -0.2) is 35.1 Å². The van der Waals surface area contributed by atoms with Crippen molar-refractivity contribution in [1.29, 1.82) is 0 Å². The zero-order chi connectivity index (χ0) is 16.0. The molecule has 116 valence electrons. The van der Waals surface area contributed by atoms with Crippen molar-refractivity contribution in [1.82, 2.24) is 10.2 Å². The van der Waals surface area contributed by atoms with E-state index in [1.807, 2.05) is 13.8 Å². The molecule has 1 aromatic rings. The van der Waals surface area contributed by atoms with Gasteiger partial charge in [-0.25, -0.2) is 9.18 Å². The Balaban J connectivity index is 2.62.